The van der Waals surface area contributed by atoms with Crippen LogP contribution in [0.1, 0.15) is 39.5 Å². The fourth-order valence-corrected chi connectivity index (χ4v) is 1.17. The standard InChI is InChI=1S/C8H15BrO2/c1-3-5-6-8(9,4-2)7(10)11/h3-6H2,1-2H3,(H,10,11). The van der Waals surface area contributed by atoms with Crippen LogP contribution in [-0.4, -0.2) is 15.4 Å². The maximum atomic E-state index is 10.7. The van der Waals surface area contributed by atoms with Crippen LogP contribution in [0, 0.1) is 0 Å². The molecule has 1 unspecified atom stereocenters. The van der Waals surface area contributed by atoms with Crippen molar-refractivity contribution >= 4 is 21.9 Å². The molecule has 0 bridgehead atoms. The molecular formula is C8H15BrO2. The van der Waals surface area contributed by atoms with Crippen molar-refractivity contribution in [2.75, 3.05) is 0 Å². The zero-order valence-electron chi connectivity index (χ0n) is 7.06. The molecule has 0 radical (unpaired) electrons. The minimum absolute atomic E-state index is 0.641. The van der Waals surface area contributed by atoms with Gasteiger partial charge in [0.2, 0.25) is 0 Å². The van der Waals surface area contributed by atoms with Crippen LogP contribution in [0.3, 0.4) is 0 Å². The number of alkyl halides is 1. The van der Waals surface area contributed by atoms with E-state index in [4.69, 9.17) is 5.11 Å². The van der Waals surface area contributed by atoms with Gasteiger partial charge in [-0.25, -0.2) is 0 Å². The summed E-state index contributed by atoms with van der Waals surface area (Å²) < 4.78 is -0.678. The number of aliphatic carboxylic acids is 1. The highest BCUT2D eigenvalue weighted by atomic mass is 79.9. The maximum absolute atomic E-state index is 10.7. The van der Waals surface area contributed by atoms with Crippen LogP contribution < -0.4 is 0 Å². The lowest BCUT2D eigenvalue weighted by atomic mass is 9.99. The summed E-state index contributed by atoms with van der Waals surface area (Å²) in [6.45, 7) is 3.95. The van der Waals surface area contributed by atoms with Gasteiger partial charge in [-0.1, -0.05) is 42.6 Å². The summed E-state index contributed by atoms with van der Waals surface area (Å²) in [6, 6.07) is 0. The normalized spacial score (nSPS) is 15.9. The Kier molecular flexibility index (Phi) is 4.73. The molecule has 66 valence electrons. The molecule has 0 aromatic rings. The predicted octanol–water partition coefficient (Wildman–Crippen LogP) is 2.80. The maximum Gasteiger partial charge on any atom is 0.320 e. The topological polar surface area (TPSA) is 37.3 Å². The minimum atomic E-state index is -0.742. The molecule has 0 fully saturated rings. The summed E-state index contributed by atoms with van der Waals surface area (Å²) in [6.07, 6.45) is 3.36. The van der Waals surface area contributed by atoms with Gasteiger partial charge in [-0.2, -0.15) is 0 Å². The Hall–Kier alpha value is -0.0500. The molecule has 0 aromatic heterocycles. The molecule has 0 aliphatic rings. The largest absolute Gasteiger partial charge is 0.480 e. The lowest BCUT2D eigenvalue weighted by molar-refractivity contribution is -0.139. The van der Waals surface area contributed by atoms with Gasteiger partial charge in [0.25, 0.3) is 0 Å². The Labute approximate surface area is 76.1 Å². The van der Waals surface area contributed by atoms with Crippen molar-refractivity contribution in [1.29, 1.82) is 0 Å². The van der Waals surface area contributed by atoms with Crippen molar-refractivity contribution in [3.63, 3.8) is 0 Å². The highest BCUT2D eigenvalue weighted by molar-refractivity contribution is 9.10. The van der Waals surface area contributed by atoms with Crippen molar-refractivity contribution in [3.8, 4) is 0 Å². The van der Waals surface area contributed by atoms with Gasteiger partial charge in [0.1, 0.15) is 4.32 Å². The molecule has 1 N–H and O–H groups in total. The first-order chi connectivity index (χ1) is 5.06. The van der Waals surface area contributed by atoms with E-state index < -0.39 is 10.3 Å². The van der Waals surface area contributed by atoms with Gasteiger partial charge in [0.15, 0.2) is 0 Å². The van der Waals surface area contributed by atoms with Gasteiger partial charge < -0.3 is 5.11 Å². The molecule has 1 atom stereocenters. The van der Waals surface area contributed by atoms with E-state index in [0.717, 1.165) is 19.3 Å². The number of carboxylic acids is 1. The second kappa shape index (κ2) is 4.75. The molecule has 0 spiro atoms. The van der Waals surface area contributed by atoms with Crippen molar-refractivity contribution in [1.82, 2.24) is 0 Å². The summed E-state index contributed by atoms with van der Waals surface area (Å²) in [4.78, 5) is 10.7. The Morgan fingerprint density at radius 2 is 2.09 bits per heavy atom. The molecule has 0 aliphatic heterocycles. The van der Waals surface area contributed by atoms with E-state index in [1.807, 2.05) is 6.92 Å². The summed E-state index contributed by atoms with van der Waals surface area (Å²) in [5, 5.41) is 8.81. The molecule has 11 heavy (non-hydrogen) atoms. The van der Waals surface area contributed by atoms with Crippen molar-refractivity contribution in [2.24, 2.45) is 0 Å². The highest BCUT2D eigenvalue weighted by Gasteiger charge is 2.32. The van der Waals surface area contributed by atoms with Crippen LogP contribution in [0.25, 0.3) is 0 Å². The molecule has 0 heterocycles. The Morgan fingerprint density at radius 3 is 2.36 bits per heavy atom. The van der Waals surface area contributed by atoms with Gasteiger partial charge >= 0.3 is 5.97 Å². The van der Waals surface area contributed by atoms with Gasteiger partial charge in [0.05, 0.1) is 0 Å². The number of hydrogen-bond acceptors (Lipinski definition) is 1. The molecular weight excluding hydrogens is 208 g/mol. The highest BCUT2D eigenvalue weighted by Crippen LogP contribution is 2.28. The van der Waals surface area contributed by atoms with Gasteiger partial charge in [-0.3, -0.25) is 4.79 Å². The molecule has 0 rings (SSSR count). The van der Waals surface area contributed by atoms with Crippen LogP contribution in [0.5, 0.6) is 0 Å². The first kappa shape index (κ1) is 11.0. The zero-order chi connectivity index (χ0) is 8.91. The minimum Gasteiger partial charge on any atom is -0.480 e. The number of unbranched alkanes of at least 4 members (excludes halogenated alkanes) is 1. The molecule has 2 nitrogen and oxygen atoms in total. The third kappa shape index (κ3) is 3.23. The fourth-order valence-electron chi connectivity index (χ4n) is 0.892. The number of hydrogen-bond donors (Lipinski definition) is 1. The summed E-state index contributed by atoms with van der Waals surface area (Å²) in [7, 11) is 0. The van der Waals surface area contributed by atoms with Crippen LogP contribution >= 0.6 is 15.9 Å². The third-order valence-electron chi connectivity index (χ3n) is 1.87. The van der Waals surface area contributed by atoms with Crippen LogP contribution in [0.4, 0.5) is 0 Å². The summed E-state index contributed by atoms with van der Waals surface area (Å²) in [5.74, 6) is -0.742. The second-order valence-electron chi connectivity index (χ2n) is 2.73. The molecule has 0 amide bonds. The van der Waals surface area contributed by atoms with E-state index in [9.17, 15) is 4.79 Å². The lowest BCUT2D eigenvalue weighted by Crippen LogP contribution is -2.30. The van der Waals surface area contributed by atoms with Crippen molar-refractivity contribution < 1.29 is 9.90 Å². The molecule has 0 saturated carbocycles. The summed E-state index contributed by atoms with van der Waals surface area (Å²) >= 11 is 3.25. The average molecular weight is 223 g/mol. The second-order valence-corrected chi connectivity index (χ2v) is 4.25. The number of halogens is 1. The predicted molar refractivity (Wildman–Crippen MR) is 49.1 cm³/mol. The lowest BCUT2D eigenvalue weighted by Gasteiger charge is -2.19. The Balaban J connectivity index is 3.99. The molecule has 3 heteroatoms. The van der Waals surface area contributed by atoms with E-state index in [1.165, 1.54) is 0 Å². The van der Waals surface area contributed by atoms with E-state index in [0.29, 0.717) is 6.42 Å². The van der Waals surface area contributed by atoms with Crippen molar-refractivity contribution in [3.05, 3.63) is 0 Å². The van der Waals surface area contributed by atoms with Crippen LogP contribution in [-0.2, 0) is 4.79 Å². The van der Waals surface area contributed by atoms with E-state index in [-0.39, 0.29) is 0 Å². The van der Waals surface area contributed by atoms with Crippen LogP contribution in [0.15, 0.2) is 0 Å². The van der Waals surface area contributed by atoms with Gasteiger partial charge in [0, 0.05) is 0 Å². The average Bonchev–Trinajstić information content (AvgIpc) is 2.00. The Bertz CT molecular complexity index is 136. The van der Waals surface area contributed by atoms with Gasteiger partial charge in [-0.15, -0.1) is 0 Å². The first-order valence-electron chi connectivity index (χ1n) is 3.99. The van der Waals surface area contributed by atoms with E-state index >= 15 is 0 Å². The number of carboxylic acid groups (broad SMARTS) is 1. The van der Waals surface area contributed by atoms with E-state index in [1.54, 1.807) is 0 Å². The smallest absolute Gasteiger partial charge is 0.320 e. The Morgan fingerprint density at radius 1 is 1.55 bits per heavy atom. The zero-order valence-corrected chi connectivity index (χ0v) is 8.65. The third-order valence-corrected chi connectivity index (χ3v) is 3.17. The SMILES string of the molecule is CCCCC(Br)(CC)C(=O)O. The number of rotatable bonds is 5. The first-order valence-corrected chi connectivity index (χ1v) is 4.78. The fraction of sp³-hybridized carbons (Fsp3) is 0.875. The van der Waals surface area contributed by atoms with Crippen LogP contribution in [0.2, 0.25) is 0 Å². The molecule has 0 aromatic carbocycles. The number of carbonyl (C=O) groups is 1. The molecule has 0 saturated heterocycles. The monoisotopic (exact) mass is 222 g/mol. The quantitative estimate of drug-likeness (QED) is 0.727. The van der Waals surface area contributed by atoms with E-state index in [2.05, 4.69) is 22.9 Å². The molecule has 0 aliphatic carbocycles. The van der Waals surface area contributed by atoms with Crippen molar-refractivity contribution in [2.45, 2.75) is 43.9 Å². The van der Waals surface area contributed by atoms with Gasteiger partial charge in [-0.05, 0) is 12.8 Å². The summed E-state index contributed by atoms with van der Waals surface area (Å²) in [5.41, 5.74) is 0.